The van der Waals surface area contributed by atoms with E-state index in [4.69, 9.17) is 21.4 Å². The lowest BCUT2D eigenvalue weighted by molar-refractivity contribution is 0.393. The number of nitrogens with one attached hydrogen (secondary N) is 1. The summed E-state index contributed by atoms with van der Waals surface area (Å²) in [6.07, 6.45) is 0. The standard InChI is InChI=1S/C19H16ClN3O/c1-11-4-5-14(19-12(2)23-24-13(19)3)8-18(11)22-16-7-6-15(10-21)17(20)9-16/h4-9,22H,1-3H3. The number of anilines is 2. The molecule has 5 heteroatoms. The van der Waals surface area contributed by atoms with Crippen molar-refractivity contribution in [3.05, 3.63) is 64.0 Å². The van der Waals surface area contributed by atoms with Gasteiger partial charge in [-0.2, -0.15) is 5.26 Å². The van der Waals surface area contributed by atoms with Crippen molar-refractivity contribution in [2.24, 2.45) is 0 Å². The Hall–Kier alpha value is -2.77. The lowest BCUT2D eigenvalue weighted by Gasteiger charge is -2.12. The normalized spacial score (nSPS) is 10.5. The van der Waals surface area contributed by atoms with Gasteiger partial charge in [-0.25, -0.2) is 0 Å². The number of aromatic nitrogens is 1. The molecule has 0 atom stereocenters. The second kappa shape index (κ2) is 6.38. The Bertz CT molecular complexity index is 934. The molecule has 0 aliphatic carbocycles. The first-order valence-electron chi connectivity index (χ1n) is 7.50. The maximum Gasteiger partial charge on any atom is 0.141 e. The molecule has 0 saturated carbocycles. The van der Waals surface area contributed by atoms with E-state index in [9.17, 15) is 0 Å². The predicted molar refractivity (Wildman–Crippen MR) is 95.6 cm³/mol. The molecule has 0 fully saturated rings. The molecule has 24 heavy (non-hydrogen) atoms. The van der Waals surface area contributed by atoms with Crippen LogP contribution in [0.1, 0.15) is 22.6 Å². The molecule has 120 valence electrons. The van der Waals surface area contributed by atoms with E-state index in [0.29, 0.717) is 10.6 Å². The minimum absolute atomic E-state index is 0.432. The highest BCUT2D eigenvalue weighted by Crippen LogP contribution is 2.32. The molecule has 0 spiro atoms. The fourth-order valence-corrected chi connectivity index (χ4v) is 2.87. The Morgan fingerprint density at radius 3 is 2.54 bits per heavy atom. The van der Waals surface area contributed by atoms with E-state index in [1.807, 2.05) is 26.8 Å². The second-order valence-corrected chi connectivity index (χ2v) is 6.07. The van der Waals surface area contributed by atoms with Gasteiger partial charge in [-0.05, 0) is 56.2 Å². The molecule has 2 aromatic carbocycles. The van der Waals surface area contributed by atoms with Gasteiger partial charge >= 0.3 is 0 Å². The van der Waals surface area contributed by atoms with Crippen molar-refractivity contribution in [3.63, 3.8) is 0 Å². The molecule has 3 aromatic rings. The topological polar surface area (TPSA) is 61.9 Å². The van der Waals surface area contributed by atoms with Crippen LogP contribution in [0.4, 0.5) is 11.4 Å². The van der Waals surface area contributed by atoms with Crippen LogP contribution in [0, 0.1) is 32.1 Å². The molecule has 1 N–H and O–H groups in total. The summed E-state index contributed by atoms with van der Waals surface area (Å²) in [4.78, 5) is 0. The Balaban J connectivity index is 1.99. The molecule has 0 saturated heterocycles. The van der Waals surface area contributed by atoms with Crippen LogP contribution < -0.4 is 5.32 Å². The van der Waals surface area contributed by atoms with Crippen LogP contribution in [0.2, 0.25) is 5.02 Å². The van der Waals surface area contributed by atoms with E-state index >= 15 is 0 Å². The van der Waals surface area contributed by atoms with E-state index < -0.39 is 0 Å². The van der Waals surface area contributed by atoms with E-state index in [2.05, 4.69) is 34.7 Å². The zero-order valence-electron chi connectivity index (χ0n) is 13.6. The number of nitriles is 1. The number of nitrogens with zero attached hydrogens (tertiary/aromatic N) is 2. The first kappa shape index (κ1) is 16.1. The molecule has 0 aliphatic rings. The molecule has 0 bridgehead atoms. The van der Waals surface area contributed by atoms with Crippen molar-refractivity contribution in [1.82, 2.24) is 5.16 Å². The van der Waals surface area contributed by atoms with Gasteiger partial charge in [0, 0.05) is 16.9 Å². The minimum Gasteiger partial charge on any atom is -0.361 e. The molecule has 3 rings (SSSR count). The van der Waals surface area contributed by atoms with Crippen LogP contribution in [-0.4, -0.2) is 5.16 Å². The fourth-order valence-electron chi connectivity index (χ4n) is 2.65. The highest BCUT2D eigenvalue weighted by Gasteiger charge is 2.13. The summed E-state index contributed by atoms with van der Waals surface area (Å²) >= 11 is 6.11. The quantitative estimate of drug-likeness (QED) is 0.682. The predicted octanol–water partition coefficient (Wildman–Crippen LogP) is 5.54. The number of halogens is 1. The smallest absolute Gasteiger partial charge is 0.141 e. The second-order valence-electron chi connectivity index (χ2n) is 5.66. The molecular weight excluding hydrogens is 322 g/mol. The molecule has 0 radical (unpaired) electrons. The number of hydrogen-bond donors (Lipinski definition) is 1. The van der Waals surface area contributed by atoms with Crippen LogP contribution in [0.3, 0.4) is 0 Å². The SMILES string of the molecule is Cc1ccc(-c2c(C)noc2C)cc1Nc1ccc(C#N)c(Cl)c1. The molecule has 1 heterocycles. The maximum absolute atomic E-state index is 8.97. The zero-order valence-corrected chi connectivity index (χ0v) is 14.4. The van der Waals surface area contributed by atoms with Crippen molar-refractivity contribution in [2.75, 3.05) is 5.32 Å². The van der Waals surface area contributed by atoms with Gasteiger partial charge in [0.1, 0.15) is 11.8 Å². The van der Waals surface area contributed by atoms with Crippen molar-refractivity contribution in [3.8, 4) is 17.2 Å². The molecular formula is C19H16ClN3O. The molecule has 0 amide bonds. The van der Waals surface area contributed by atoms with Crippen LogP contribution in [0.5, 0.6) is 0 Å². The van der Waals surface area contributed by atoms with Gasteiger partial charge in [-0.15, -0.1) is 0 Å². The highest BCUT2D eigenvalue weighted by molar-refractivity contribution is 6.32. The van der Waals surface area contributed by atoms with Gasteiger partial charge < -0.3 is 9.84 Å². The molecule has 0 aliphatic heterocycles. The van der Waals surface area contributed by atoms with Gasteiger partial charge in [-0.3, -0.25) is 0 Å². The van der Waals surface area contributed by atoms with Gasteiger partial charge in [-0.1, -0.05) is 28.9 Å². The Morgan fingerprint density at radius 1 is 1.12 bits per heavy atom. The van der Waals surface area contributed by atoms with E-state index in [1.165, 1.54) is 0 Å². The van der Waals surface area contributed by atoms with Crippen molar-refractivity contribution in [2.45, 2.75) is 20.8 Å². The summed E-state index contributed by atoms with van der Waals surface area (Å²) in [6.45, 7) is 5.87. The highest BCUT2D eigenvalue weighted by atomic mass is 35.5. The lowest BCUT2D eigenvalue weighted by atomic mass is 10.0. The summed E-state index contributed by atoms with van der Waals surface area (Å²) in [5.41, 5.74) is 6.28. The van der Waals surface area contributed by atoms with Gasteiger partial charge in [0.05, 0.1) is 16.3 Å². The zero-order chi connectivity index (χ0) is 17.3. The van der Waals surface area contributed by atoms with Crippen molar-refractivity contribution < 1.29 is 4.52 Å². The van der Waals surface area contributed by atoms with E-state index in [-0.39, 0.29) is 0 Å². The van der Waals surface area contributed by atoms with Crippen LogP contribution in [-0.2, 0) is 0 Å². The largest absolute Gasteiger partial charge is 0.361 e. The first-order valence-corrected chi connectivity index (χ1v) is 7.88. The summed E-state index contributed by atoms with van der Waals surface area (Å²) in [7, 11) is 0. The summed E-state index contributed by atoms with van der Waals surface area (Å²) in [5.74, 6) is 0.795. The van der Waals surface area contributed by atoms with Crippen LogP contribution >= 0.6 is 11.6 Å². The van der Waals surface area contributed by atoms with E-state index in [1.54, 1.807) is 12.1 Å². The lowest BCUT2D eigenvalue weighted by Crippen LogP contribution is -1.95. The maximum atomic E-state index is 8.97. The third-order valence-corrected chi connectivity index (χ3v) is 4.24. The third-order valence-electron chi connectivity index (χ3n) is 3.93. The monoisotopic (exact) mass is 337 g/mol. The van der Waals surface area contributed by atoms with E-state index in [0.717, 1.165) is 39.5 Å². The van der Waals surface area contributed by atoms with Crippen molar-refractivity contribution >= 4 is 23.0 Å². The third kappa shape index (κ3) is 2.99. The number of hydrogen-bond acceptors (Lipinski definition) is 4. The van der Waals surface area contributed by atoms with Gasteiger partial charge in [0.2, 0.25) is 0 Å². The van der Waals surface area contributed by atoms with Crippen LogP contribution in [0.25, 0.3) is 11.1 Å². The summed E-state index contributed by atoms with van der Waals surface area (Å²) in [6, 6.07) is 13.5. The van der Waals surface area contributed by atoms with Crippen molar-refractivity contribution in [1.29, 1.82) is 5.26 Å². The Morgan fingerprint density at radius 2 is 1.92 bits per heavy atom. The molecule has 1 aromatic heterocycles. The van der Waals surface area contributed by atoms with Crippen LogP contribution in [0.15, 0.2) is 40.9 Å². The minimum atomic E-state index is 0.432. The average Bonchev–Trinajstić information content (AvgIpc) is 2.89. The summed E-state index contributed by atoms with van der Waals surface area (Å²) in [5, 5.41) is 16.8. The number of aryl methyl sites for hydroxylation is 3. The molecule has 4 nitrogen and oxygen atoms in total. The van der Waals surface area contributed by atoms with Gasteiger partial charge in [0.25, 0.3) is 0 Å². The Kier molecular flexibility index (Phi) is 4.28. The number of benzene rings is 2. The molecule has 0 unspecified atom stereocenters. The summed E-state index contributed by atoms with van der Waals surface area (Å²) < 4.78 is 5.26. The average molecular weight is 338 g/mol. The Labute approximate surface area is 145 Å². The first-order chi connectivity index (χ1) is 11.5. The van der Waals surface area contributed by atoms with Gasteiger partial charge in [0.15, 0.2) is 0 Å². The number of rotatable bonds is 3. The fraction of sp³-hybridized carbons (Fsp3) is 0.158.